The molecule has 0 saturated carbocycles. The zero-order chi connectivity index (χ0) is 18.3. The Hall–Kier alpha value is -0.410. The lowest BCUT2D eigenvalue weighted by Gasteiger charge is -2.27. The van der Waals surface area contributed by atoms with E-state index in [0.717, 1.165) is 19.3 Å². The molecule has 0 N–H and O–H groups in total. The lowest BCUT2D eigenvalue weighted by atomic mass is 9.84. The van der Waals surface area contributed by atoms with E-state index in [9.17, 15) is 4.79 Å². The molecule has 0 aliphatic carbocycles. The standard InChI is InChI=1S/C20H40O3/c1-16(15-17(21)18(2,3)4)11-10-12-20(8,9)23-14-13-22-19(5,6)7/h16H,10-15H2,1-9H3. The van der Waals surface area contributed by atoms with Gasteiger partial charge in [-0.1, -0.05) is 40.5 Å². The van der Waals surface area contributed by atoms with Gasteiger partial charge in [0, 0.05) is 11.8 Å². The molecule has 3 nitrogen and oxygen atoms in total. The summed E-state index contributed by atoms with van der Waals surface area (Å²) in [4.78, 5) is 12.1. The molecular formula is C20H40O3. The highest BCUT2D eigenvalue weighted by atomic mass is 16.5. The first kappa shape index (κ1) is 22.6. The Labute approximate surface area is 144 Å². The Morgan fingerprint density at radius 1 is 0.913 bits per heavy atom. The van der Waals surface area contributed by atoms with Crippen LogP contribution in [-0.2, 0) is 14.3 Å². The molecule has 0 aromatic rings. The van der Waals surface area contributed by atoms with Crippen LogP contribution in [0.1, 0.15) is 88.0 Å². The molecule has 0 heterocycles. The monoisotopic (exact) mass is 328 g/mol. The van der Waals surface area contributed by atoms with Crippen molar-refractivity contribution in [2.24, 2.45) is 11.3 Å². The number of hydrogen-bond donors (Lipinski definition) is 0. The van der Waals surface area contributed by atoms with Crippen molar-refractivity contribution in [3.63, 3.8) is 0 Å². The average molecular weight is 329 g/mol. The van der Waals surface area contributed by atoms with Crippen LogP contribution in [0.4, 0.5) is 0 Å². The first-order valence-electron chi connectivity index (χ1n) is 9.04. The lowest BCUT2D eigenvalue weighted by Crippen LogP contribution is -2.29. The molecule has 3 heteroatoms. The second-order valence-corrected chi connectivity index (χ2v) is 9.44. The summed E-state index contributed by atoms with van der Waals surface area (Å²) < 4.78 is 11.6. The molecule has 138 valence electrons. The number of Topliss-reactive ketones (excluding diaryl/α,β-unsaturated/α-hetero) is 1. The highest BCUT2D eigenvalue weighted by molar-refractivity contribution is 5.83. The van der Waals surface area contributed by atoms with Crippen LogP contribution in [0.3, 0.4) is 0 Å². The number of hydrogen-bond acceptors (Lipinski definition) is 3. The summed E-state index contributed by atoms with van der Waals surface area (Å²) in [5.41, 5.74) is -0.457. The Balaban J connectivity index is 3.94. The van der Waals surface area contributed by atoms with Crippen molar-refractivity contribution >= 4 is 5.78 Å². The average Bonchev–Trinajstić information content (AvgIpc) is 2.32. The SMILES string of the molecule is CC(CCCC(C)(C)OCCOC(C)(C)C)CC(=O)C(C)(C)C. The Morgan fingerprint density at radius 2 is 1.43 bits per heavy atom. The highest BCUT2D eigenvalue weighted by Crippen LogP contribution is 2.25. The van der Waals surface area contributed by atoms with Gasteiger partial charge in [0.05, 0.1) is 24.4 Å². The smallest absolute Gasteiger partial charge is 0.138 e. The fourth-order valence-electron chi connectivity index (χ4n) is 2.34. The van der Waals surface area contributed by atoms with Crippen molar-refractivity contribution in [3.8, 4) is 0 Å². The van der Waals surface area contributed by atoms with Gasteiger partial charge < -0.3 is 9.47 Å². The van der Waals surface area contributed by atoms with E-state index in [-0.39, 0.29) is 16.6 Å². The summed E-state index contributed by atoms with van der Waals surface area (Å²) in [6.45, 7) is 19.9. The minimum atomic E-state index is -0.219. The van der Waals surface area contributed by atoms with Crippen LogP contribution in [0, 0.1) is 11.3 Å². The van der Waals surface area contributed by atoms with E-state index in [4.69, 9.17) is 9.47 Å². The molecule has 1 unspecified atom stereocenters. The summed E-state index contributed by atoms with van der Waals surface area (Å²) in [7, 11) is 0. The number of carbonyl (C=O) groups excluding carboxylic acids is 1. The van der Waals surface area contributed by atoms with Crippen LogP contribution in [0.25, 0.3) is 0 Å². The largest absolute Gasteiger partial charge is 0.373 e. The van der Waals surface area contributed by atoms with Crippen LogP contribution in [0.5, 0.6) is 0 Å². The molecule has 23 heavy (non-hydrogen) atoms. The predicted octanol–water partition coefficient (Wildman–Crippen LogP) is 5.41. The van der Waals surface area contributed by atoms with E-state index < -0.39 is 0 Å². The third kappa shape index (κ3) is 12.7. The highest BCUT2D eigenvalue weighted by Gasteiger charge is 2.24. The van der Waals surface area contributed by atoms with Crippen molar-refractivity contribution in [1.29, 1.82) is 0 Å². The Bertz CT molecular complexity index is 345. The summed E-state index contributed by atoms with van der Waals surface area (Å²) in [5.74, 6) is 0.807. The van der Waals surface area contributed by atoms with Crippen molar-refractivity contribution < 1.29 is 14.3 Å². The van der Waals surface area contributed by atoms with Crippen LogP contribution < -0.4 is 0 Å². The molecule has 0 radical (unpaired) electrons. The predicted molar refractivity (Wildman–Crippen MR) is 97.8 cm³/mol. The van der Waals surface area contributed by atoms with Gasteiger partial charge in [-0.25, -0.2) is 0 Å². The minimum Gasteiger partial charge on any atom is -0.373 e. The van der Waals surface area contributed by atoms with Crippen molar-refractivity contribution in [2.75, 3.05) is 13.2 Å². The molecule has 0 rings (SSSR count). The van der Waals surface area contributed by atoms with E-state index in [1.165, 1.54) is 0 Å². The Kier molecular flexibility index (Phi) is 9.01. The third-order valence-corrected chi connectivity index (χ3v) is 3.96. The molecular weight excluding hydrogens is 288 g/mol. The quantitative estimate of drug-likeness (QED) is 0.503. The molecule has 0 aromatic carbocycles. The summed E-state index contributed by atoms with van der Waals surface area (Å²) in [5, 5.41) is 0. The van der Waals surface area contributed by atoms with Gasteiger partial charge in [0.25, 0.3) is 0 Å². The van der Waals surface area contributed by atoms with Gasteiger partial charge in [-0.05, 0) is 47.0 Å². The maximum absolute atomic E-state index is 12.1. The van der Waals surface area contributed by atoms with E-state index in [0.29, 0.717) is 31.3 Å². The fourth-order valence-corrected chi connectivity index (χ4v) is 2.34. The second kappa shape index (κ2) is 9.17. The molecule has 0 bridgehead atoms. The molecule has 1 atom stereocenters. The second-order valence-electron chi connectivity index (χ2n) is 9.44. The number of carbonyl (C=O) groups is 1. The topological polar surface area (TPSA) is 35.5 Å². The third-order valence-electron chi connectivity index (χ3n) is 3.96. The van der Waals surface area contributed by atoms with Crippen LogP contribution in [0.2, 0.25) is 0 Å². The molecule has 0 fully saturated rings. The van der Waals surface area contributed by atoms with Gasteiger partial charge in [-0.15, -0.1) is 0 Å². The first-order valence-corrected chi connectivity index (χ1v) is 9.04. The van der Waals surface area contributed by atoms with E-state index in [1.807, 2.05) is 20.8 Å². The maximum Gasteiger partial charge on any atom is 0.138 e. The molecule has 0 aromatic heterocycles. The minimum absolute atomic E-state index is 0.109. The van der Waals surface area contributed by atoms with E-state index >= 15 is 0 Å². The van der Waals surface area contributed by atoms with E-state index in [1.54, 1.807) is 0 Å². The number of ether oxygens (including phenoxy) is 2. The number of ketones is 1. The summed E-state index contributed by atoms with van der Waals surface area (Å²) >= 11 is 0. The lowest BCUT2D eigenvalue weighted by molar-refractivity contribution is -0.127. The first-order chi connectivity index (χ1) is 10.2. The van der Waals surface area contributed by atoms with Gasteiger partial charge in [-0.2, -0.15) is 0 Å². The van der Waals surface area contributed by atoms with E-state index in [2.05, 4.69) is 41.5 Å². The summed E-state index contributed by atoms with van der Waals surface area (Å²) in [6, 6.07) is 0. The molecule has 0 saturated heterocycles. The van der Waals surface area contributed by atoms with Gasteiger partial charge in [0.1, 0.15) is 5.78 Å². The molecule has 0 aliphatic rings. The molecule has 0 amide bonds. The van der Waals surface area contributed by atoms with Gasteiger partial charge >= 0.3 is 0 Å². The van der Waals surface area contributed by atoms with Crippen LogP contribution in [-0.4, -0.2) is 30.2 Å². The van der Waals surface area contributed by atoms with Gasteiger partial charge in [0.15, 0.2) is 0 Å². The molecule has 0 spiro atoms. The van der Waals surface area contributed by atoms with Crippen molar-refractivity contribution in [2.45, 2.75) is 99.2 Å². The van der Waals surface area contributed by atoms with Crippen molar-refractivity contribution in [3.05, 3.63) is 0 Å². The normalized spacial score (nSPS) is 14.8. The van der Waals surface area contributed by atoms with Gasteiger partial charge in [0.2, 0.25) is 0 Å². The molecule has 0 aliphatic heterocycles. The Morgan fingerprint density at radius 3 is 1.91 bits per heavy atom. The summed E-state index contributed by atoms with van der Waals surface area (Å²) in [6.07, 6.45) is 3.86. The van der Waals surface area contributed by atoms with Crippen LogP contribution >= 0.6 is 0 Å². The van der Waals surface area contributed by atoms with Gasteiger partial charge in [-0.3, -0.25) is 4.79 Å². The maximum atomic E-state index is 12.1. The van der Waals surface area contributed by atoms with Crippen LogP contribution in [0.15, 0.2) is 0 Å². The van der Waals surface area contributed by atoms with Crippen molar-refractivity contribution in [1.82, 2.24) is 0 Å². The zero-order valence-corrected chi connectivity index (χ0v) is 17.0. The zero-order valence-electron chi connectivity index (χ0n) is 17.0. The number of rotatable bonds is 10. The fraction of sp³-hybridized carbons (Fsp3) is 0.950.